The van der Waals surface area contributed by atoms with E-state index < -0.39 is 24.8 Å². The zero-order chi connectivity index (χ0) is 12.4. The predicted molar refractivity (Wildman–Crippen MR) is 60.6 cm³/mol. The van der Waals surface area contributed by atoms with E-state index in [1.54, 1.807) is 0 Å². The Morgan fingerprint density at radius 3 is 2.44 bits per heavy atom. The molecule has 4 nitrogen and oxygen atoms in total. The molecule has 0 aliphatic carbocycles. The molecule has 1 aromatic carbocycles. The van der Waals surface area contributed by atoms with Crippen LogP contribution < -0.4 is 0 Å². The topological polar surface area (TPSA) is 63.6 Å². The minimum Gasteiger partial charge on any atom is -0.244 e. The van der Waals surface area contributed by atoms with Gasteiger partial charge in [-0.1, -0.05) is 16.8 Å². The van der Waals surface area contributed by atoms with E-state index in [9.17, 15) is 17.0 Å². The van der Waals surface area contributed by atoms with Gasteiger partial charge in [0.15, 0.2) is 0 Å². The third-order valence-electron chi connectivity index (χ3n) is 1.77. The fraction of sp³-hybridized carbons (Fsp3) is 0.250. The van der Waals surface area contributed by atoms with Gasteiger partial charge in [0, 0.05) is 16.4 Å². The van der Waals surface area contributed by atoms with Gasteiger partial charge in [0.2, 0.25) is 0 Å². The zero-order valence-corrected chi connectivity index (χ0v) is 10.6. The van der Waals surface area contributed by atoms with Gasteiger partial charge in [0.05, 0.1) is 14.6 Å². The maximum atomic E-state index is 12.9. The predicted octanol–water partition coefficient (Wildman–Crippen LogP) is 2.16. The Morgan fingerprint density at radius 1 is 1.38 bits per heavy atom. The first kappa shape index (κ1) is 13.4. The Balaban J connectivity index is 3.50. The number of rotatable bonds is 3. The lowest BCUT2D eigenvalue weighted by Gasteiger charge is -2.06. The highest BCUT2D eigenvalue weighted by molar-refractivity contribution is 8.17. The number of halogens is 2. The highest BCUT2D eigenvalue weighted by Crippen LogP contribution is 2.18. The second-order valence-corrected chi connectivity index (χ2v) is 7.79. The third-order valence-corrected chi connectivity index (χ3v) is 5.72. The molecule has 0 aromatic heterocycles. The van der Waals surface area contributed by atoms with E-state index in [-0.39, 0.29) is 10.6 Å². The van der Waals surface area contributed by atoms with Gasteiger partial charge in [0.1, 0.15) is 5.82 Å². The van der Waals surface area contributed by atoms with Crippen LogP contribution in [0.3, 0.4) is 0 Å². The summed E-state index contributed by atoms with van der Waals surface area (Å²) in [7, 11) is -2.56. The fourth-order valence-electron chi connectivity index (χ4n) is 1.07. The van der Waals surface area contributed by atoms with Crippen molar-refractivity contribution in [1.29, 1.82) is 0 Å². The van der Waals surface area contributed by atoms with Crippen LogP contribution in [0.15, 0.2) is 32.9 Å². The van der Waals surface area contributed by atoms with Gasteiger partial charge in [-0.25, -0.2) is 8.60 Å². The molecule has 0 aliphatic heterocycles. The first-order valence-corrected chi connectivity index (χ1v) is 8.18. The summed E-state index contributed by atoms with van der Waals surface area (Å²) in [6.07, 6.45) is 0. The van der Waals surface area contributed by atoms with Crippen molar-refractivity contribution in [3.05, 3.63) is 30.1 Å². The van der Waals surface area contributed by atoms with Gasteiger partial charge in [0.25, 0.3) is 0 Å². The first-order chi connectivity index (χ1) is 7.27. The molecule has 90 valence electrons. The second kappa shape index (κ2) is 4.68. The number of nitrogens with zero attached hydrogens (tertiary/aromatic N) is 1. The Morgan fingerprint density at radius 2 is 2.00 bits per heavy atom. The Kier molecular flexibility index (Phi) is 3.92. The van der Waals surface area contributed by atoms with Gasteiger partial charge < -0.3 is 0 Å². The van der Waals surface area contributed by atoms with Crippen molar-refractivity contribution in [2.24, 2.45) is 3.77 Å². The van der Waals surface area contributed by atoms with Crippen LogP contribution in [0.25, 0.3) is 0 Å². The Hall–Kier alpha value is -0.660. The molecule has 1 aromatic rings. The maximum absolute atomic E-state index is 12.9. The molecule has 0 amide bonds. The zero-order valence-electron chi connectivity index (χ0n) is 8.26. The smallest absolute Gasteiger partial charge is 0.244 e. The van der Waals surface area contributed by atoms with Crippen LogP contribution in [0.4, 0.5) is 4.39 Å². The fourth-order valence-corrected chi connectivity index (χ4v) is 4.73. The average Bonchev–Trinajstić information content (AvgIpc) is 2.15. The van der Waals surface area contributed by atoms with E-state index in [0.717, 1.165) is 12.1 Å². The Bertz CT molecular complexity index is 605. The molecule has 0 bridgehead atoms. The van der Waals surface area contributed by atoms with Crippen molar-refractivity contribution in [3.63, 3.8) is 0 Å². The lowest BCUT2D eigenvalue weighted by atomic mass is 10.4. The van der Waals surface area contributed by atoms with Crippen LogP contribution >= 0.6 is 10.7 Å². The summed E-state index contributed by atoms with van der Waals surface area (Å²) in [5.74, 6) is -0.677. The van der Waals surface area contributed by atoms with Crippen LogP contribution in [-0.4, -0.2) is 18.4 Å². The van der Waals surface area contributed by atoms with Crippen LogP contribution in [0.1, 0.15) is 6.92 Å². The minimum atomic E-state index is -4.26. The summed E-state index contributed by atoms with van der Waals surface area (Å²) in [6.45, 7) is 1.48. The summed E-state index contributed by atoms with van der Waals surface area (Å²) in [5, 5.41) is 0. The maximum Gasteiger partial charge on any atom is 0.347 e. The highest BCUT2D eigenvalue weighted by atomic mass is 35.7. The largest absolute Gasteiger partial charge is 0.347 e. The summed E-state index contributed by atoms with van der Waals surface area (Å²) < 4.78 is 49.7. The summed E-state index contributed by atoms with van der Waals surface area (Å²) in [5.41, 5.74) is 0. The standard InChI is InChI=1S/C8H9ClFNO3S2/c1-2-15(12,11-16(9,13)14)8-5-3-4-7(10)6-8/h3-6H,2H2,1H3/t15-/m0/s1. The summed E-state index contributed by atoms with van der Waals surface area (Å²) in [4.78, 5) is 0.0132. The van der Waals surface area contributed by atoms with Crippen molar-refractivity contribution in [1.82, 2.24) is 0 Å². The number of hydrogen-bond acceptors (Lipinski definition) is 3. The average molecular weight is 286 g/mol. The van der Waals surface area contributed by atoms with Crippen molar-refractivity contribution < 1.29 is 17.0 Å². The van der Waals surface area contributed by atoms with Crippen LogP contribution in [-0.2, 0) is 19.0 Å². The summed E-state index contributed by atoms with van der Waals surface area (Å²) >= 11 is 0. The third kappa shape index (κ3) is 3.43. The van der Waals surface area contributed by atoms with E-state index in [2.05, 4.69) is 3.77 Å². The van der Waals surface area contributed by atoms with E-state index in [4.69, 9.17) is 10.7 Å². The van der Waals surface area contributed by atoms with Crippen LogP contribution in [0, 0.1) is 5.82 Å². The molecule has 0 fully saturated rings. The normalized spacial score (nSPS) is 15.4. The summed E-state index contributed by atoms with van der Waals surface area (Å²) in [6, 6.07) is 4.82. The van der Waals surface area contributed by atoms with Crippen LogP contribution in [0.2, 0.25) is 0 Å². The van der Waals surface area contributed by atoms with Crippen molar-refractivity contribution in [2.75, 3.05) is 5.75 Å². The highest BCUT2D eigenvalue weighted by Gasteiger charge is 2.15. The molecule has 0 saturated heterocycles. The van der Waals surface area contributed by atoms with Gasteiger partial charge in [-0.05, 0) is 18.2 Å². The van der Waals surface area contributed by atoms with Crippen molar-refractivity contribution >= 4 is 29.6 Å². The minimum absolute atomic E-state index is 0.0132. The Labute approximate surface area is 98.2 Å². The van der Waals surface area contributed by atoms with Gasteiger partial charge >= 0.3 is 9.24 Å². The molecule has 0 N–H and O–H groups in total. The molecule has 1 atom stereocenters. The molecule has 1 rings (SSSR count). The van der Waals surface area contributed by atoms with E-state index in [1.165, 1.54) is 19.1 Å². The van der Waals surface area contributed by atoms with E-state index in [0.29, 0.717) is 0 Å². The molecule has 0 aliphatic rings. The van der Waals surface area contributed by atoms with E-state index in [1.807, 2.05) is 0 Å². The molecule has 16 heavy (non-hydrogen) atoms. The van der Waals surface area contributed by atoms with Crippen LogP contribution in [0.5, 0.6) is 0 Å². The lowest BCUT2D eigenvalue weighted by molar-refractivity contribution is 0.610. The van der Waals surface area contributed by atoms with Gasteiger partial charge in [-0.2, -0.15) is 8.42 Å². The number of hydrogen-bond donors (Lipinski definition) is 0. The molecular formula is C8H9ClFNO3S2. The molecule has 0 spiro atoms. The monoisotopic (exact) mass is 285 g/mol. The number of benzene rings is 1. The van der Waals surface area contributed by atoms with Gasteiger partial charge in [-0.15, -0.1) is 0 Å². The molecule has 0 saturated carbocycles. The molecular weight excluding hydrogens is 277 g/mol. The van der Waals surface area contributed by atoms with Crippen molar-refractivity contribution in [3.8, 4) is 0 Å². The second-order valence-electron chi connectivity index (χ2n) is 2.87. The van der Waals surface area contributed by atoms with Crippen molar-refractivity contribution in [2.45, 2.75) is 11.8 Å². The van der Waals surface area contributed by atoms with Gasteiger partial charge in [-0.3, -0.25) is 0 Å². The SMILES string of the molecule is CC[S@@](=O)(=NS(=O)(=O)Cl)c1cccc(F)c1. The first-order valence-electron chi connectivity index (χ1n) is 4.23. The lowest BCUT2D eigenvalue weighted by Crippen LogP contribution is -2.06. The molecule has 0 radical (unpaired) electrons. The van der Waals surface area contributed by atoms with E-state index >= 15 is 0 Å². The quantitative estimate of drug-likeness (QED) is 0.800. The molecule has 0 unspecified atom stereocenters. The molecule has 8 heteroatoms. The molecule has 0 heterocycles.